The van der Waals surface area contributed by atoms with Crippen LogP contribution in [0.25, 0.3) is 0 Å². The van der Waals surface area contributed by atoms with Gasteiger partial charge >= 0.3 is 0 Å². The molecule has 88 valence electrons. The first-order valence-electron chi connectivity index (χ1n) is 5.28. The minimum atomic E-state index is -0.216. The second-order valence-corrected chi connectivity index (χ2v) is 4.49. The fraction of sp³-hybridized carbons (Fsp3) is 0.154. The van der Waals surface area contributed by atoms with Crippen molar-refractivity contribution in [2.75, 3.05) is 0 Å². The molecule has 1 amide bonds. The van der Waals surface area contributed by atoms with E-state index in [-0.39, 0.29) is 11.9 Å². The second-order valence-electron chi connectivity index (χ2n) is 3.71. The van der Waals surface area contributed by atoms with Gasteiger partial charge in [0.15, 0.2) is 10.4 Å². The molecule has 0 fully saturated rings. The number of rotatable bonds is 3. The van der Waals surface area contributed by atoms with Gasteiger partial charge in [-0.25, -0.2) is 0 Å². The Morgan fingerprint density at radius 1 is 1.24 bits per heavy atom. The lowest BCUT2D eigenvalue weighted by Gasteiger charge is -2.12. The summed E-state index contributed by atoms with van der Waals surface area (Å²) in [4.78, 5) is 11.8. The number of hydrogen-bond acceptors (Lipinski definition) is 2. The van der Waals surface area contributed by atoms with Gasteiger partial charge in [-0.1, -0.05) is 30.3 Å². The summed E-state index contributed by atoms with van der Waals surface area (Å²) in [6, 6.07) is 13.1. The molecule has 0 bridgehead atoms. The number of halogens is 1. The Bertz CT molecular complexity index is 507. The number of benzene rings is 1. The molecular formula is C13H12BrNO2. The van der Waals surface area contributed by atoms with Crippen LogP contribution in [0.15, 0.2) is 51.6 Å². The van der Waals surface area contributed by atoms with Crippen LogP contribution in [-0.2, 0) is 0 Å². The third-order valence-electron chi connectivity index (χ3n) is 2.44. The maximum Gasteiger partial charge on any atom is 0.287 e. The zero-order chi connectivity index (χ0) is 12.3. The Labute approximate surface area is 108 Å². The van der Waals surface area contributed by atoms with Crippen LogP contribution >= 0.6 is 15.9 Å². The van der Waals surface area contributed by atoms with Crippen molar-refractivity contribution in [3.8, 4) is 0 Å². The Morgan fingerprint density at radius 2 is 1.94 bits per heavy atom. The average Bonchev–Trinajstić information content (AvgIpc) is 2.77. The zero-order valence-electron chi connectivity index (χ0n) is 9.31. The van der Waals surface area contributed by atoms with E-state index >= 15 is 0 Å². The summed E-state index contributed by atoms with van der Waals surface area (Å²) in [6.07, 6.45) is 0. The van der Waals surface area contributed by atoms with Gasteiger partial charge in [0.25, 0.3) is 5.91 Å². The topological polar surface area (TPSA) is 42.2 Å². The van der Waals surface area contributed by atoms with Crippen molar-refractivity contribution in [2.24, 2.45) is 0 Å². The molecule has 2 aromatic rings. The highest BCUT2D eigenvalue weighted by molar-refractivity contribution is 9.10. The van der Waals surface area contributed by atoms with E-state index in [1.807, 2.05) is 37.3 Å². The molecular weight excluding hydrogens is 282 g/mol. The van der Waals surface area contributed by atoms with Crippen LogP contribution in [0, 0.1) is 0 Å². The van der Waals surface area contributed by atoms with E-state index in [9.17, 15) is 4.79 Å². The SMILES string of the molecule is C[C@@H](NC(=O)c1ccc(Br)o1)c1ccccc1. The Kier molecular flexibility index (Phi) is 3.64. The van der Waals surface area contributed by atoms with E-state index < -0.39 is 0 Å². The molecule has 0 radical (unpaired) electrons. The van der Waals surface area contributed by atoms with E-state index in [2.05, 4.69) is 21.2 Å². The summed E-state index contributed by atoms with van der Waals surface area (Å²) < 4.78 is 5.74. The highest BCUT2D eigenvalue weighted by Crippen LogP contribution is 2.16. The minimum Gasteiger partial charge on any atom is -0.444 e. The molecule has 4 heteroatoms. The Hall–Kier alpha value is -1.55. The number of furan rings is 1. The molecule has 0 saturated carbocycles. The molecule has 1 heterocycles. The van der Waals surface area contributed by atoms with Gasteiger partial charge in [0.2, 0.25) is 0 Å². The van der Waals surface area contributed by atoms with Crippen LogP contribution in [0.4, 0.5) is 0 Å². The van der Waals surface area contributed by atoms with Crippen LogP contribution in [0.1, 0.15) is 29.1 Å². The summed E-state index contributed by atoms with van der Waals surface area (Å²) in [5.41, 5.74) is 1.06. The number of carbonyl (C=O) groups excluding carboxylic acids is 1. The first-order valence-corrected chi connectivity index (χ1v) is 6.07. The highest BCUT2D eigenvalue weighted by atomic mass is 79.9. The molecule has 0 unspecified atom stereocenters. The number of hydrogen-bond donors (Lipinski definition) is 1. The molecule has 1 N–H and O–H groups in total. The van der Waals surface area contributed by atoms with Crippen LogP contribution in [-0.4, -0.2) is 5.91 Å². The van der Waals surface area contributed by atoms with Gasteiger partial charge in [-0.3, -0.25) is 4.79 Å². The van der Waals surface area contributed by atoms with Crippen LogP contribution in [0.3, 0.4) is 0 Å². The molecule has 2 rings (SSSR count). The normalized spacial score (nSPS) is 12.1. The molecule has 0 aliphatic rings. The average molecular weight is 294 g/mol. The standard InChI is InChI=1S/C13H12BrNO2/c1-9(10-5-3-2-4-6-10)15-13(16)11-7-8-12(14)17-11/h2-9H,1H3,(H,15,16)/t9-/m1/s1. The summed E-state index contributed by atoms with van der Waals surface area (Å²) >= 11 is 3.16. The summed E-state index contributed by atoms with van der Waals surface area (Å²) in [7, 11) is 0. The molecule has 1 aromatic heterocycles. The molecule has 17 heavy (non-hydrogen) atoms. The molecule has 0 aliphatic carbocycles. The molecule has 1 atom stereocenters. The van der Waals surface area contributed by atoms with E-state index in [4.69, 9.17) is 4.42 Å². The lowest BCUT2D eigenvalue weighted by molar-refractivity contribution is 0.0910. The third kappa shape index (κ3) is 2.97. The summed E-state index contributed by atoms with van der Waals surface area (Å²) in [6.45, 7) is 1.94. The van der Waals surface area contributed by atoms with Crippen molar-refractivity contribution >= 4 is 21.8 Å². The second kappa shape index (κ2) is 5.19. The van der Waals surface area contributed by atoms with Crippen molar-refractivity contribution in [3.05, 3.63) is 58.5 Å². The van der Waals surface area contributed by atoms with Gasteiger partial charge in [-0.15, -0.1) is 0 Å². The summed E-state index contributed by atoms with van der Waals surface area (Å²) in [5.74, 6) is 0.0895. The minimum absolute atomic E-state index is 0.0485. The smallest absolute Gasteiger partial charge is 0.287 e. The van der Waals surface area contributed by atoms with Crippen LogP contribution in [0.5, 0.6) is 0 Å². The Balaban J connectivity index is 2.04. The number of nitrogens with one attached hydrogen (secondary N) is 1. The largest absolute Gasteiger partial charge is 0.444 e. The monoisotopic (exact) mass is 293 g/mol. The van der Waals surface area contributed by atoms with Gasteiger partial charge in [0, 0.05) is 0 Å². The maximum absolute atomic E-state index is 11.8. The molecule has 0 spiro atoms. The predicted molar refractivity (Wildman–Crippen MR) is 68.7 cm³/mol. The zero-order valence-corrected chi connectivity index (χ0v) is 10.9. The van der Waals surface area contributed by atoms with Crippen LogP contribution < -0.4 is 5.32 Å². The van der Waals surface area contributed by atoms with E-state index in [0.717, 1.165) is 5.56 Å². The van der Waals surface area contributed by atoms with Gasteiger partial charge in [-0.2, -0.15) is 0 Å². The highest BCUT2D eigenvalue weighted by Gasteiger charge is 2.14. The third-order valence-corrected chi connectivity index (χ3v) is 2.87. The number of carbonyl (C=O) groups is 1. The number of amides is 1. The quantitative estimate of drug-likeness (QED) is 0.941. The van der Waals surface area contributed by atoms with Crippen molar-refractivity contribution in [1.82, 2.24) is 5.32 Å². The van der Waals surface area contributed by atoms with Crippen molar-refractivity contribution in [1.29, 1.82) is 0 Å². The van der Waals surface area contributed by atoms with Crippen LogP contribution in [0.2, 0.25) is 0 Å². The molecule has 1 aromatic carbocycles. The fourth-order valence-electron chi connectivity index (χ4n) is 1.53. The first kappa shape index (κ1) is 11.9. The van der Waals surface area contributed by atoms with Gasteiger partial charge < -0.3 is 9.73 Å². The van der Waals surface area contributed by atoms with Gasteiger partial charge in [0.1, 0.15) is 0 Å². The van der Waals surface area contributed by atoms with E-state index in [0.29, 0.717) is 10.4 Å². The lowest BCUT2D eigenvalue weighted by Crippen LogP contribution is -2.26. The van der Waals surface area contributed by atoms with E-state index in [1.165, 1.54) is 0 Å². The maximum atomic E-state index is 11.8. The molecule has 0 aliphatic heterocycles. The van der Waals surface area contributed by atoms with Crippen molar-refractivity contribution in [2.45, 2.75) is 13.0 Å². The Morgan fingerprint density at radius 3 is 2.53 bits per heavy atom. The lowest BCUT2D eigenvalue weighted by atomic mass is 10.1. The fourth-order valence-corrected chi connectivity index (χ4v) is 1.84. The molecule has 0 saturated heterocycles. The van der Waals surface area contributed by atoms with E-state index in [1.54, 1.807) is 12.1 Å². The van der Waals surface area contributed by atoms with Crippen molar-refractivity contribution in [3.63, 3.8) is 0 Å². The molecule has 3 nitrogen and oxygen atoms in total. The van der Waals surface area contributed by atoms with Gasteiger partial charge in [0.05, 0.1) is 6.04 Å². The summed E-state index contributed by atoms with van der Waals surface area (Å²) in [5, 5.41) is 2.87. The van der Waals surface area contributed by atoms with Gasteiger partial charge in [-0.05, 0) is 40.5 Å². The predicted octanol–water partition coefficient (Wildman–Crippen LogP) is 3.53. The first-order chi connectivity index (χ1) is 8.16. The van der Waals surface area contributed by atoms with Crippen molar-refractivity contribution < 1.29 is 9.21 Å².